The van der Waals surface area contributed by atoms with Crippen LogP contribution in [0, 0.1) is 0 Å². The second-order valence-electron chi connectivity index (χ2n) is 3.74. The Morgan fingerprint density at radius 1 is 1.23 bits per heavy atom. The molecule has 5 heteroatoms. The van der Waals surface area contributed by atoms with Crippen LogP contribution in [0.1, 0.15) is 0 Å². The van der Waals surface area contributed by atoms with E-state index in [2.05, 4.69) is 15.5 Å². The Morgan fingerprint density at radius 2 is 1.85 bits per heavy atom. The van der Waals surface area contributed by atoms with E-state index >= 15 is 0 Å². The number of carbonyl (C=O) groups excluding carboxylic acids is 1. The predicted molar refractivity (Wildman–Crippen MR) is 49.2 cm³/mol. The molecule has 2 rings (SSSR count). The Labute approximate surface area is 77.6 Å². The van der Waals surface area contributed by atoms with Gasteiger partial charge >= 0.3 is 0 Å². The predicted octanol–water partition coefficient (Wildman–Crippen LogP) is -2.28. The van der Waals surface area contributed by atoms with Gasteiger partial charge in [-0.15, -0.1) is 0 Å². The summed E-state index contributed by atoms with van der Waals surface area (Å²) in [4.78, 5) is 13.5. The normalized spacial score (nSPS) is 28.0. The molecule has 0 aromatic carbocycles. The minimum atomic E-state index is -0.387. The molecular formula is C8H16N4O. The van der Waals surface area contributed by atoms with Crippen molar-refractivity contribution in [2.75, 3.05) is 39.3 Å². The first-order valence-electron chi connectivity index (χ1n) is 4.72. The quantitative estimate of drug-likeness (QED) is 0.452. The molecule has 2 fully saturated rings. The number of nitrogens with two attached hydrogens (primary N) is 1. The van der Waals surface area contributed by atoms with Gasteiger partial charge in [0.05, 0.1) is 0 Å². The van der Waals surface area contributed by atoms with Gasteiger partial charge in [-0.3, -0.25) is 9.69 Å². The van der Waals surface area contributed by atoms with Crippen LogP contribution in [0.2, 0.25) is 0 Å². The van der Waals surface area contributed by atoms with E-state index in [1.807, 2.05) is 0 Å². The molecule has 0 bridgehead atoms. The average Bonchev–Trinajstić information content (AvgIpc) is 2.03. The standard InChI is InChI=1S/C8H16N4O/c9-7(13)8(5-11-6-8)12-3-1-10-2-4-12/h10-11H,1-6H2,(H2,9,13). The maximum atomic E-state index is 11.3. The van der Waals surface area contributed by atoms with Crippen molar-refractivity contribution in [3.63, 3.8) is 0 Å². The van der Waals surface area contributed by atoms with Crippen molar-refractivity contribution >= 4 is 5.91 Å². The second-order valence-corrected chi connectivity index (χ2v) is 3.74. The molecule has 5 nitrogen and oxygen atoms in total. The number of primary amides is 1. The summed E-state index contributed by atoms with van der Waals surface area (Å²) in [6.45, 7) is 5.17. The Bertz CT molecular complexity index is 208. The third-order valence-electron chi connectivity index (χ3n) is 3.02. The lowest BCUT2D eigenvalue weighted by atomic mass is 9.88. The molecule has 0 spiro atoms. The van der Waals surface area contributed by atoms with E-state index < -0.39 is 0 Å². The minimum absolute atomic E-state index is 0.187. The highest BCUT2D eigenvalue weighted by Gasteiger charge is 2.47. The maximum absolute atomic E-state index is 11.3. The van der Waals surface area contributed by atoms with Crippen LogP contribution in [0.5, 0.6) is 0 Å². The highest BCUT2D eigenvalue weighted by Crippen LogP contribution is 2.20. The van der Waals surface area contributed by atoms with Gasteiger partial charge in [0.2, 0.25) is 5.91 Å². The van der Waals surface area contributed by atoms with Gasteiger partial charge in [-0.2, -0.15) is 0 Å². The molecule has 0 atom stereocenters. The molecule has 1 amide bonds. The Kier molecular flexibility index (Phi) is 2.23. The van der Waals surface area contributed by atoms with Gasteiger partial charge in [-0.05, 0) is 0 Å². The number of nitrogens with zero attached hydrogens (tertiary/aromatic N) is 1. The van der Waals surface area contributed by atoms with E-state index in [0.717, 1.165) is 26.2 Å². The zero-order valence-corrected chi connectivity index (χ0v) is 7.68. The monoisotopic (exact) mass is 184 g/mol. The fraction of sp³-hybridized carbons (Fsp3) is 0.875. The van der Waals surface area contributed by atoms with Gasteiger partial charge in [-0.1, -0.05) is 0 Å². The summed E-state index contributed by atoms with van der Waals surface area (Å²) in [5.74, 6) is -0.187. The minimum Gasteiger partial charge on any atom is -0.368 e. The van der Waals surface area contributed by atoms with Gasteiger partial charge in [0.1, 0.15) is 5.54 Å². The fourth-order valence-corrected chi connectivity index (χ4v) is 2.01. The van der Waals surface area contributed by atoms with Crippen molar-refractivity contribution in [3.05, 3.63) is 0 Å². The van der Waals surface area contributed by atoms with E-state index in [4.69, 9.17) is 5.73 Å². The van der Waals surface area contributed by atoms with E-state index in [0.29, 0.717) is 13.1 Å². The molecule has 2 aliphatic heterocycles. The first kappa shape index (κ1) is 8.93. The lowest BCUT2D eigenvalue weighted by Gasteiger charge is -2.49. The summed E-state index contributed by atoms with van der Waals surface area (Å²) in [5.41, 5.74) is 5.04. The number of carbonyl (C=O) groups is 1. The van der Waals surface area contributed by atoms with Crippen molar-refractivity contribution in [3.8, 4) is 0 Å². The molecule has 0 aliphatic carbocycles. The van der Waals surface area contributed by atoms with Crippen LogP contribution in [-0.2, 0) is 4.79 Å². The van der Waals surface area contributed by atoms with Crippen LogP contribution in [0.15, 0.2) is 0 Å². The van der Waals surface area contributed by atoms with Gasteiger partial charge in [0.25, 0.3) is 0 Å². The van der Waals surface area contributed by atoms with E-state index in [1.54, 1.807) is 0 Å². The van der Waals surface area contributed by atoms with Crippen LogP contribution in [0.3, 0.4) is 0 Å². The smallest absolute Gasteiger partial charge is 0.240 e. The highest BCUT2D eigenvalue weighted by atomic mass is 16.2. The fourth-order valence-electron chi connectivity index (χ4n) is 2.01. The number of nitrogens with one attached hydrogen (secondary N) is 2. The maximum Gasteiger partial charge on any atom is 0.240 e. The van der Waals surface area contributed by atoms with Crippen molar-refractivity contribution in [2.45, 2.75) is 5.54 Å². The largest absolute Gasteiger partial charge is 0.368 e. The second kappa shape index (κ2) is 3.25. The van der Waals surface area contributed by atoms with E-state index in [-0.39, 0.29) is 11.4 Å². The lowest BCUT2D eigenvalue weighted by molar-refractivity contribution is -0.134. The van der Waals surface area contributed by atoms with Crippen molar-refractivity contribution in [1.82, 2.24) is 15.5 Å². The molecule has 0 aromatic rings. The molecule has 0 radical (unpaired) electrons. The van der Waals surface area contributed by atoms with Crippen LogP contribution in [0.4, 0.5) is 0 Å². The Morgan fingerprint density at radius 3 is 2.23 bits per heavy atom. The Hall–Kier alpha value is -0.650. The number of piperazine rings is 1. The van der Waals surface area contributed by atoms with E-state index in [1.165, 1.54) is 0 Å². The molecule has 13 heavy (non-hydrogen) atoms. The Balaban J connectivity index is 2.06. The van der Waals surface area contributed by atoms with Crippen molar-refractivity contribution < 1.29 is 4.79 Å². The zero-order chi connectivity index (χ0) is 9.31. The third kappa shape index (κ3) is 1.33. The number of hydrogen-bond acceptors (Lipinski definition) is 4. The molecule has 0 saturated carbocycles. The molecule has 2 saturated heterocycles. The summed E-state index contributed by atoms with van der Waals surface area (Å²) in [5, 5.41) is 6.38. The number of amides is 1. The molecule has 0 aromatic heterocycles. The van der Waals surface area contributed by atoms with E-state index in [9.17, 15) is 4.79 Å². The van der Waals surface area contributed by atoms with Crippen molar-refractivity contribution in [1.29, 1.82) is 0 Å². The van der Waals surface area contributed by atoms with Gasteiger partial charge in [0, 0.05) is 39.3 Å². The number of hydrogen-bond donors (Lipinski definition) is 3. The average molecular weight is 184 g/mol. The topological polar surface area (TPSA) is 70.4 Å². The van der Waals surface area contributed by atoms with Crippen LogP contribution in [-0.4, -0.2) is 55.6 Å². The summed E-state index contributed by atoms with van der Waals surface area (Å²) < 4.78 is 0. The van der Waals surface area contributed by atoms with Crippen LogP contribution >= 0.6 is 0 Å². The summed E-state index contributed by atoms with van der Waals surface area (Å²) in [6.07, 6.45) is 0. The molecule has 2 aliphatic rings. The molecular weight excluding hydrogens is 168 g/mol. The van der Waals surface area contributed by atoms with Crippen LogP contribution < -0.4 is 16.4 Å². The van der Waals surface area contributed by atoms with Gasteiger partial charge in [-0.25, -0.2) is 0 Å². The first-order chi connectivity index (χ1) is 6.26. The molecule has 4 N–H and O–H groups in total. The van der Waals surface area contributed by atoms with Gasteiger partial charge in [0.15, 0.2) is 0 Å². The summed E-state index contributed by atoms with van der Waals surface area (Å²) >= 11 is 0. The highest BCUT2D eigenvalue weighted by molar-refractivity contribution is 5.86. The van der Waals surface area contributed by atoms with Crippen molar-refractivity contribution in [2.24, 2.45) is 5.73 Å². The summed E-state index contributed by atoms with van der Waals surface area (Å²) in [7, 11) is 0. The first-order valence-corrected chi connectivity index (χ1v) is 4.72. The SMILES string of the molecule is NC(=O)C1(N2CCNCC2)CNC1. The zero-order valence-electron chi connectivity index (χ0n) is 7.68. The number of rotatable bonds is 2. The summed E-state index contributed by atoms with van der Waals surface area (Å²) in [6, 6.07) is 0. The van der Waals surface area contributed by atoms with Gasteiger partial charge < -0.3 is 16.4 Å². The third-order valence-corrected chi connectivity index (χ3v) is 3.02. The molecule has 74 valence electrons. The molecule has 2 heterocycles. The van der Waals surface area contributed by atoms with Crippen LogP contribution in [0.25, 0.3) is 0 Å². The molecule has 0 unspecified atom stereocenters. The lowest BCUT2D eigenvalue weighted by Crippen LogP contribution is -2.76.